The number of aromatic carboxylic acids is 1. The van der Waals surface area contributed by atoms with Crippen molar-refractivity contribution in [3.8, 4) is 0 Å². The van der Waals surface area contributed by atoms with E-state index in [0.29, 0.717) is 17.9 Å². The SMILES string of the molecule is O=C(O)c1ccc2c(ccn2Cc2cc(=O)n3[nH]c(C4(c5ccccc5Cl)CCC4)cc3n2)c1. The zero-order valence-electron chi connectivity index (χ0n) is 18.2. The van der Waals surface area contributed by atoms with E-state index in [9.17, 15) is 14.7 Å². The molecule has 5 aromatic rings. The van der Waals surface area contributed by atoms with Gasteiger partial charge in [-0.15, -0.1) is 0 Å². The zero-order chi connectivity index (χ0) is 23.4. The molecule has 6 rings (SSSR count). The summed E-state index contributed by atoms with van der Waals surface area (Å²) in [5, 5.41) is 14.1. The van der Waals surface area contributed by atoms with Crippen LogP contribution < -0.4 is 5.56 Å². The van der Waals surface area contributed by atoms with E-state index in [4.69, 9.17) is 16.6 Å². The van der Waals surface area contributed by atoms with E-state index < -0.39 is 5.97 Å². The van der Waals surface area contributed by atoms with Crippen molar-refractivity contribution in [2.24, 2.45) is 0 Å². The molecular weight excluding hydrogens is 452 g/mol. The molecule has 7 nitrogen and oxygen atoms in total. The van der Waals surface area contributed by atoms with Crippen LogP contribution in [0.15, 0.2) is 71.7 Å². The summed E-state index contributed by atoms with van der Waals surface area (Å²) in [4.78, 5) is 29.0. The molecule has 0 saturated heterocycles. The van der Waals surface area contributed by atoms with Gasteiger partial charge in [0.1, 0.15) is 0 Å². The van der Waals surface area contributed by atoms with Crippen molar-refractivity contribution >= 4 is 34.1 Å². The first-order valence-electron chi connectivity index (χ1n) is 11.1. The number of nitrogens with one attached hydrogen (secondary N) is 1. The molecule has 0 bridgehead atoms. The molecule has 0 spiro atoms. The van der Waals surface area contributed by atoms with Gasteiger partial charge in [-0.1, -0.05) is 36.2 Å². The van der Waals surface area contributed by atoms with Gasteiger partial charge in [0.05, 0.1) is 17.8 Å². The van der Waals surface area contributed by atoms with Crippen LogP contribution in [0.25, 0.3) is 16.6 Å². The Morgan fingerprint density at radius 3 is 2.68 bits per heavy atom. The third-order valence-corrected chi connectivity index (χ3v) is 7.30. The highest BCUT2D eigenvalue weighted by Gasteiger charge is 2.43. The smallest absolute Gasteiger partial charge is 0.335 e. The van der Waals surface area contributed by atoms with Gasteiger partial charge in [-0.05, 0) is 48.7 Å². The Hall–Kier alpha value is -3.84. The average Bonchev–Trinajstić information content (AvgIpc) is 3.39. The van der Waals surface area contributed by atoms with Gasteiger partial charge in [0.15, 0.2) is 5.65 Å². The number of carboxylic acids is 1. The topological polar surface area (TPSA) is 92.4 Å². The molecule has 1 aliphatic carbocycles. The molecule has 3 heterocycles. The molecule has 1 saturated carbocycles. The molecule has 3 aromatic heterocycles. The van der Waals surface area contributed by atoms with E-state index in [1.165, 1.54) is 10.6 Å². The van der Waals surface area contributed by atoms with Crippen LogP contribution in [-0.4, -0.2) is 30.2 Å². The van der Waals surface area contributed by atoms with Crippen molar-refractivity contribution in [2.45, 2.75) is 31.2 Å². The summed E-state index contributed by atoms with van der Waals surface area (Å²) < 4.78 is 3.45. The van der Waals surface area contributed by atoms with E-state index in [2.05, 4.69) is 11.2 Å². The summed E-state index contributed by atoms with van der Waals surface area (Å²) in [5.41, 5.74) is 3.93. The molecule has 2 N–H and O–H groups in total. The summed E-state index contributed by atoms with van der Waals surface area (Å²) in [6, 6.07) is 18.2. The molecule has 8 heteroatoms. The zero-order valence-corrected chi connectivity index (χ0v) is 18.9. The van der Waals surface area contributed by atoms with Crippen LogP contribution in [0.3, 0.4) is 0 Å². The average molecular weight is 473 g/mol. The van der Waals surface area contributed by atoms with E-state index >= 15 is 0 Å². The van der Waals surface area contributed by atoms with Crippen molar-refractivity contribution < 1.29 is 9.90 Å². The van der Waals surface area contributed by atoms with Crippen molar-refractivity contribution in [2.75, 3.05) is 0 Å². The fourth-order valence-corrected chi connectivity index (χ4v) is 5.39. The van der Waals surface area contributed by atoms with Crippen molar-refractivity contribution in [1.29, 1.82) is 0 Å². The lowest BCUT2D eigenvalue weighted by Gasteiger charge is -2.42. The van der Waals surface area contributed by atoms with E-state index in [1.807, 2.05) is 41.1 Å². The highest BCUT2D eigenvalue weighted by molar-refractivity contribution is 6.31. The van der Waals surface area contributed by atoms with Gasteiger partial charge in [-0.2, -0.15) is 0 Å². The maximum absolute atomic E-state index is 13.0. The van der Waals surface area contributed by atoms with Gasteiger partial charge in [0, 0.05) is 45.4 Å². The monoisotopic (exact) mass is 472 g/mol. The Morgan fingerprint density at radius 1 is 1.12 bits per heavy atom. The highest BCUT2D eigenvalue weighted by Crippen LogP contribution is 2.50. The van der Waals surface area contributed by atoms with Crippen molar-refractivity contribution in [3.63, 3.8) is 0 Å². The minimum Gasteiger partial charge on any atom is -0.478 e. The Balaban J connectivity index is 1.39. The summed E-state index contributed by atoms with van der Waals surface area (Å²) >= 11 is 6.55. The number of carboxylic acid groups (broad SMARTS) is 1. The normalized spacial score (nSPS) is 15.0. The predicted octanol–water partition coefficient (Wildman–Crippen LogP) is 4.85. The first-order chi connectivity index (χ1) is 16.4. The minimum atomic E-state index is -0.959. The third-order valence-electron chi connectivity index (χ3n) is 6.97. The summed E-state index contributed by atoms with van der Waals surface area (Å²) in [7, 11) is 0. The lowest BCUT2D eigenvalue weighted by atomic mass is 9.62. The molecule has 0 unspecified atom stereocenters. The molecule has 34 heavy (non-hydrogen) atoms. The number of carbonyl (C=O) groups is 1. The van der Waals surface area contributed by atoms with E-state index in [-0.39, 0.29) is 16.5 Å². The predicted molar refractivity (Wildman–Crippen MR) is 130 cm³/mol. The second-order valence-corrected chi connectivity index (χ2v) is 9.29. The Kier molecular flexibility index (Phi) is 4.64. The maximum atomic E-state index is 13.0. The Bertz CT molecular complexity index is 1640. The quantitative estimate of drug-likeness (QED) is 0.382. The fraction of sp³-hybridized carbons (Fsp3) is 0.192. The van der Waals surface area contributed by atoms with Crippen LogP contribution >= 0.6 is 11.6 Å². The molecule has 1 fully saturated rings. The number of nitrogens with zero attached hydrogens (tertiary/aromatic N) is 3. The second-order valence-electron chi connectivity index (χ2n) is 8.89. The van der Waals surface area contributed by atoms with E-state index in [0.717, 1.165) is 46.4 Å². The lowest BCUT2D eigenvalue weighted by Crippen LogP contribution is -2.36. The largest absolute Gasteiger partial charge is 0.478 e. The van der Waals surface area contributed by atoms with Gasteiger partial charge >= 0.3 is 5.97 Å². The van der Waals surface area contributed by atoms with Gasteiger partial charge in [-0.3, -0.25) is 9.89 Å². The number of aromatic amines is 1. The summed E-state index contributed by atoms with van der Waals surface area (Å²) in [6.45, 7) is 0.401. The van der Waals surface area contributed by atoms with Crippen molar-refractivity contribution in [3.05, 3.63) is 105 Å². The van der Waals surface area contributed by atoms with Crippen LogP contribution in [0.2, 0.25) is 5.02 Å². The lowest BCUT2D eigenvalue weighted by molar-refractivity contribution is 0.0697. The third kappa shape index (κ3) is 3.15. The molecule has 0 amide bonds. The summed E-state index contributed by atoms with van der Waals surface area (Å²) in [5.74, 6) is -0.959. The second kappa shape index (κ2) is 7.60. The Morgan fingerprint density at radius 2 is 1.94 bits per heavy atom. The molecule has 0 atom stereocenters. The minimum absolute atomic E-state index is 0.176. The number of aromatic nitrogens is 4. The van der Waals surface area contributed by atoms with Gasteiger partial charge in [0.2, 0.25) is 0 Å². The Labute approximate surface area is 199 Å². The standard InChI is InChI=1S/C26H21ClN4O3/c27-20-5-2-1-4-19(20)26(9-3-10-26)22-14-23-28-18(13-24(32)31(23)29-22)15-30-11-8-16-12-17(25(33)34)6-7-21(16)30/h1-2,4-8,11-14,29H,3,9-10,15H2,(H,33,34). The first kappa shape index (κ1) is 20.7. The highest BCUT2D eigenvalue weighted by atomic mass is 35.5. The number of hydrogen-bond donors (Lipinski definition) is 2. The van der Waals surface area contributed by atoms with Crippen LogP contribution in [0.1, 0.15) is 46.6 Å². The van der Waals surface area contributed by atoms with Crippen molar-refractivity contribution in [1.82, 2.24) is 19.2 Å². The number of halogens is 1. The maximum Gasteiger partial charge on any atom is 0.335 e. The van der Waals surface area contributed by atoms with Gasteiger partial charge < -0.3 is 9.67 Å². The molecule has 0 radical (unpaired) electrons. The fourth-order valence-electron chi connectivity index (χ4n) is 5.08. The number of rotatable bonds is 5. The van der Waals surface area contributed by atoms with Gasteiger partial charge in [0.25, 0.3) is 5.56 Å². The summed E-state index contributed by atoms with van der Waals surface area (Å²) in [6.07, 6.45) is 4.89. The molecule has 1 aliphatic rings. The van der Waals surface area contributed by atoms with Gasteiger partial charge in [-0.25, -0.2) is 14.3 Å². The van der Waals surface area contributed by atoms with E-state index in [1.54, 1.807) is 18.2 Å². The number of H-pyrrole nitrogens is 1. The van der Waals surface area contributed by atoms with Crippen LogP contribution in [0, 0.1) is 0 Å². The molecular formula is C26H21ClN4O3. The molecule has 170 valence electrons. The number of hydrogen-bond acceptors (Lipinski definition) is 3. The number of benzene rings is 2. The van der Waals surface area contributed by atoms with Crippen LogP contribution in [0.5, 0.6) is 0 Å². The van der Waals surface area contributed by atoms with Crippen LogP contribution in [0.4, 0.5) is 0 Å². The first-order valence-corrected chi connectivity index (χ1v) is 11.5. The molecule has 0 aliphatic heterocycles. The van der Waals surface area contributed by atoms with Crippen LogP contribution in [-0.2, 0) is 12.0 Å². The molecule has 2 aromatic carbocycles. The number of fused-ring (bicyclic) bond motifs is 2.